The van der Waals surface area contributed by atoms with Gasteiger partial charge in [-0.25, -0.2) is 9.07 Å². The molecule has 0 unspecified atom stereocenters. The summed E-state index contributed by atoms with van der Waals surface area (Å²) >= 11 is 1.75. The fourth-order valence-electron chi connectivity index (χ4n) is 3.92. The van der Waals surface area contributed by atoms with Crippen LogP contribution in [0.15, 0.2) is 36.5 Å². The zero-order valence-corrected chi connectivity index (χ0v) is 17.0. The molecule has 0 saturated carbocycles. The van der Waals surface area contributed by atoms with Gasteiger partial charge in [0.2, 0.25) is 0 Å². The van der Waals surface area contributed by atoms with E-state index >= 15 is 0 Å². The number of para-hydroxylation sites is 1. The summed E-state index contributed by atoms with van der Waals surface area (Å²) in [5.41, 5.74) is 3.54. The molecule has 0 radical (unpaired) electrons. The lowest BCUT2D eigenvalue weighted by molar-refractivity contribution is 0.192. The highest BCUT2D eigenvalue weighted by Gasteiger charge is 2.23. The molecule has 4 rings (SSSR count). The van der Waals surface area contributed by atoms with Crippen molar-refractivity contribution in [1.82, 2.24) is 14.7 Å². The second kappa shape index (κ2) is 7.86. The number of rotatable bonds is 4. The zero-order valence-electron chi connectivity index (χ0n) is 16.2. The fourth-order valence-corrected chi connectivity index (χ4v) is 4.85. The quantitative estimate of drug-likeness (QED) is 0.619. The van der Waals surface area contributed by atoms with Crippen molar-refractivity contribution in [3.8, 4) is 23.0 Å². The van der Waals surface area contributed by atoms with E-state index in [1.54, 1.807) is 28.2 Å². The van der Waals surface area contributed by atoms with Gasteiger partial charge in [0.1, 0.15) is 11.5 Å². The van der Waals surface area contributed by atoms with Gasteiger partial charge in [0.15, 0.2) is 0 Å². The van der Waals surface area contributed by atoms with E-state index in [0.29, 0.717) is 5.69 Å². The van der Waals surface area contributed by atoms with Crippen molar-refractivity contribution in [2.45, 2.75) is 33.2 Å². The van der Waals surface area contributed by atoms with E-state index in [1.165, 1.54) is 15.8 Å². The van der Waals surface area contributed by atoms with E-state index in [-0.39, 0.29) is 11.7 Å². The summed E-state index contributed by atoms with van der Waals surface area (Å²) in [5, 5.41) is 14.1. The van der Waals surface area contributed by atoms with Gasteiger partial charge in [-0.1, -0.05) is 12.1 Å². The van der Waals surface area contributed by atoms with Crippen molar-refractivity contribution in [2.24, 2.45) is 5.92 Å². The number of nitriles is 1. The molecule has 0 spiro atoms. The number of hydrogen-bond acceptors (Lipinski definition) is 4. The van der Waals surface area contributed by atoms with Crippen LogP contribution in [0.2, 0.25) is 0 Å². The Morgan fingerprint density at radius 2 is 2.14 bits per heavy atom. The smallest absolute Gasteiger partial charge is 0.148 e. The summed E-state index contributed by atoms with van der Waals surface area (Å²) in [4.78, 5) is 4.77. The normalized spacial score (nSPS) is 17.6. The van der Waals surface area contributed by atoms with Gasteiger partial charge in [-0.2, -0.15) is 10.4 Å². The first-order valence-electron chi connectivity index (χ1n) is 9.58. The number of halogens is 1. The number of hydrogen-bond donors (Lipinski definition) is 0. The molecular weight excluding hydrogens is 371 g/mol. The number of benzene rings is 1. The predicted octanol–water partition coefficient (Wildman–Crippen LogP) is 5.09. The molecule has 1 aromatic carbocycles. The fraction of sp³-hybridized carbons (Fsp3) is 0.364. The minimum Gasteiger partial charge on any atom is -0.298 e. The molecule has 1 saturated heterocycles. The number of aromatic nitrogens is 2. The largest absolute Gasteiger partial charge is 0.298 e. The summed E-state index contributed by atoms with van der Waals surface area (Å²) in [7, 11) is 0. The molecule has 0 amide bonds. The maximum atomic E-state index is 14.4. The third kappa shape index (κ3) is 3.73. The van der Waals surface area contributed by atoms with Crippen LogP contribution in [0.4, 0.5) is 4.39 Å². The zero-order chi connectivity index (χ0) is 19.7. The van der Waals surface area contributed by atoms with Crippen LogP contribution in [0, 0.1) is 36.9 Å². The van der Waals surface area contributed by atoms with Gasteiger partial charge in [0, 0.05) is 40.2 Å². The van der Waals surface area contributed by atoms with Gasteiger partial charge in [-0.15, -0.1) is 11.3 Å². The summed E-state index contributed by atoms with van der Waals surface area (Å²) in [6, 6.07) is 11.3. The minimum absolute atomic E-state index is 0.0870. The Hall–Kier alpha value is -2.49. The number of thiophene rings is 1. The molecule has 0 bridgehead atoms. The summed E-state index contributed by atoms with van der Waals surface area (Å²) in [5.74, 6) is -0.201. The first-order valence-corrected chi connectivity index (χ1v) is 10.4. The molecule has 3 heterocycles. The van der Waals surface area contributed by atoms with E-state index in [2.05, 4.69) is 30.9 Å². The van der Waals surface area contributed by atoms with Crippen LogP contribution >= 0.6 is 11.3 Å². The second-order valence-electron chi connectivity index (χ2n) is 7.43. The lowest BCUT2D eigenvalue weighted by atomic mass is 9.99. The summed E-state index contributed by atoms with van der Waals surface area (Å²) < 4.78 is 16.0. The van der Waals surface area contributed by atoms with E-state index in [0.717, 1.165) is 49.3 Å². The highest BCUT2D eigenvalue weighted by atomic mass is 32.1. The molecule has 144 valence electrons. The Morgan fingerprint density at radius 3 is 2.86 bits per heavy atom. The van der Waals surface area contributed by atoms with Crippen LogP contribution in [-0.4, -0.2) is 27.8 Å². The Kier molecular flexibility index (Phi) is 5.29. The van der Waals surface area contributed by atoms with Gasteiger partial charge in [0.05, 0.1) is 17.7 Å². The van der Waals surface area contributed by atoms with Crippen molar-refractivity contribution >= 4 is 11.3 Å². The molecule has 1 atom stereocenters. The molecule has 1 aliphatic rings. The molecule has 6 heteroatoms. The van der Waals surface area contributed by atoms with E-state index in [9.17, 15) is 9.65 Å². The van der Waals surface area contributed by atoms with Crippen molar-refractivity contribution in [2.75, 3.05) is 13.1 Å². The highest BCUT2D eigenvalue weighted by Crippen LogP contribution is 2.33. The van der Waals surface area contributed by atoms with Crippen LogP contribution in [-0.2, 0) is 6.54 Å². The molecule has 4 nitrogen and oxygen atoms in total. The minimum atomic E-state index is -0.288. The molecule has 3 aromatic rings. The van der Waals surface area contributed by atoms with Crippen molar-refractivity contribution in [1.29, 1.82) is 5.26 Å². The van der Waals surface area contributed by atoms with Crippen LogP contribution in [0.5, 0.6) is 0 Å². The highest BCUT2D eigenvalue weighted by molar-refractivity contribution is 7.12. The lowest BCUT2D eigenvalue weighted by Crippen LogP contribution is -2.34. The SMILES string of the molecule is Cc1cc(-c2nn(-c3ccccc3F)cc2CN2CCC[C@H](C#N)C2)c(C)s1. The molecule has 28 heavy (non-hydrogen) atoms. The average Bonchev–Trinajstić information content (AvgIpc) is 3.24. The van der Waals surface area contributed by atoms with E-state index < -0.39 is 0 Å². The molecule has 0 N–H and O–H groups in total. The maximum absolute atomic E-state index is 14.4. The van der Waals surface area contributed by atoms with E-state index in [1.807, 2.05) is 12.3 Å². The first kappa shape index (κ1) is 18.9. The van der Waals surface area contributed by atoms with Crippen LogP contribution < -0.4 is 0 Å². The second-order valence-corrected chi connectivity index (χ2v) is 8.89. The Morgan fingerprint density at radius 1 is 1.32 bits per heavy atom. The topological polar surface area (TPSA) is 44.9 Å². The van der Waals surface area contributed by atoms with Crippen molar-refractivity contribution < 1.29 is 4.39 Å². The third-order valence-electron chi connectivity index (χ3n) is 5.27. The van der Waals surface area contributed by atoms with Crippen LogP contribution in [0.1, 0.15) is 28.2 Å². The molecule has 1 fully saturated rings. The number of nitrogens with zero attached hydrogens (tertiary/aromatic N) is 4. The van der Waals surface area contributed by atoms with E-state index in [4.69, 9.17) is 5.10 Å². The predicted molar refractivity (Wildman–Crippen MR) is 110 cm³/mol. The van der Waals surface area contributed by atoms with Gasteiger partial charge < -0.3 is 0 Å². The third-order valence-corrected chi connectivity index (χ3v) is 6.23. The lowest BCUT2D eigenvalue weighted by Gasteiger charge is -2.29. The number of piperidine rings is 1. The maximum Gasteiger partial charge on any atom is 0.148 e. The number of aryl methyl sites for hydroxylation is 2. The van der Waals surface area contributed by atoms with Gasteiger partial charge in [-0.05, 0) is 51.4 Å². The first-order chi connectivity index (χ1) is 13.5. The van der Waals surface area contributed by atoms with Gasteiger partial charge in [0.25, 0.3) is 0 Å². The van der Waals surface area contributed by atoms with Crippen molar-refractivity contribution in [3.05, 3.63) is 57.7 Å². The van der Waals surface area contributed by atoms with Crippen LogP contribution in [0.25, 0.3) is 16.9 Å². The average molecular weight is 395 g/mol. The number of likely N-dealkylation sites (tertiary alicyclic amines) is 1. The Bertz CT molecular complexity index is 1030. The summed E-state index contributed by atoms with van der Waals surface area (Å²) in [6.07, 6.45) is 3.94. The molecule has 1 aliphatic heterocycles. The Labute approximate surface area is 168 Å². The Balaban J connectivity index is 1.74. The molecular formula is C22H23FN4S. The monoisotopic (exact) mass is 394 g/mol. The molecule has 2 aromatic heterocycles. The van der Waals surface area contributed by atoms with Gasteiger partial charge in [-0.3, -0.25) is 4.90 Å². The van der Waals surface area contributed by atoms with Gasteiger partial charge >= 0.3 is 0 Å². The summed E-state index contributed by atoms with van der Waals surface area (Å²) in [6.45, 7) is 6.67. The van der Waals surface area contributed by atoms with Crippen LogP contribution in [0.3, 0.4) is 0 Å². The molecule has 0 aliphatic carbocycles. The van der Waals surface area contributed by atoms with Crippen molar-refractivity contribution in [3.63, 3.8) is 0 Å². The standard InChI is InChI=1S/C22H23FN4S/c1-15-10-19(16(2)28-15)22-18(13-26-9-5-6-17(11-24)12-26)14-27(25-22)21-8-4-3-7-20(21)23/h3-4,7-8,10,14,17H,5-6,9,12-13H2,1-2H3/t17-/m1/s1.